The first-order chi connectivity index (χ1) is 6.18. The minimum absolute atomic E-state index is 0.228. The normalized spacial score (nSPS) is 8.54. The summed E-state index contributed by atoms with van der Waals surface area (Å²) >= 11 is 0. The maximum absolute atomic E-state index is 9.82. The van der Waals surface area contributed by atoms with Gasteiger partial charge in [-0.1, -0.05) is 0 Å². The third-order valence-electron chi connectivity index (χ3n) is 0.854. The maximum atomic E-state index is 9.82. The van der Waals surface area contributed by atoms with Crippen LogP contribution < -0.4 is 11.5 Å². The first kappa shape index (κ1) is 14.7. The fourth-order valence-corrected chi connectivity index (χ4v) is 0.343. The summed E-state index contributed by atoms with van der Waals surface area (Å²) in [4.78, 5) is 9.82. The Labute approximate surface area is 78.1 Å². The minimum Gasteiger partial charge on any atom is -0.447 e. The Bertz CT molecular complexity index is 109. The number of hydrogen-bond acceptors (Lipinski definition) is 5. The van der Waals surface area contributed by atoms with Crippen molar-refractivity contribution in [2.24, 2.45) is 11.5 Å². The molecule has 0 aliphatic heterocycles. The van der Waals surface area contributed by atoms with Gasteiger partial charge in [0.05, 0.1) is 13.2 Å². The molecule has 0 bridgehead atoms. The predicted molar refractivity (Wildman–Crippen MR) is 48.3 cm³/mol. The van der Waals surface area contributed by atoms with Gasteiger partial charge >= 0.3 is 6.09 Å². The van der Waals surface area contributed by atoms with Gasteiger partial charge in [0.2, 0.25) is 0 Å². The monoisotopic (exact) mass is 194 g/mol. The van der Waals surface area contributed by atoms with Crippen LogP contribution in [0.15, 0.2) is 0 Å². The summed E-state index contributed by atoms with van der Waals surface area (Å²) in [7, 11) is 3.15. The molecule has 6 heteroatoms. The van der Waals surface area contributed by atoms with E-state index >= 15 is 0 Å². The van der Waals surface area contributed by atoms with Crippen molar-refractivity contribution in [3.8, 4) is 0 Å². The highest BCUT2D eigenvalue weighted by Gasteiger charge is 1.88. The van der Waals surface area contributed by atoms with E-state index in [-0.39, 0.29) is 6.61 Å². The van der Waals surface area contributed by atoms with Gasteiger partial charge in [-0.2, -0.15) is 0 Å². The van der Waals surface area contributed by atoms with E-state index in [2.05, 4.69) is 19.9 Å². The predicted octanol–water partition coefficient (Wildman–Crippen LogP) is -0.680. The van der Waals surface area contributed by atoms with Gasteiger partial charge in [0.1, 0.15) is 6.61 Å². The van der Waals surface area contributed by atoms with Crippen molar-refractivity contribution < 1.29 is 19.0 Å². The molecule has 1 amide bonds. The van der Waals surface area contributed by atoms with E-state index in [0.717, 1.165) is 0 Å². The fraction of sp³-hybridized carbons (Fsp3) is 0.857. The largest absolute Gasteiger partial charge is 0.447 e. The molecule has 0 unspecified atom stereocenters. The zero-order chi connectivity index (χ0) is 10.5. The SMILES string of the molecule is COCCN.COCCOC(N)=O. The van der Waals surface area contributed by atoms with E-state index < -0.39 is 6.09 Å². The van der Waals surface area contributed by atoms with Crippen LogP contribution in [0.25, 0.3) is 0 Å². The van der Waals surface area contributed by atoms with Crippen LogP contribution in [0.5, 0.6) is 0 Å². The van der Waals surface area contributed by atoms with Crippen LogP contribution in [-0.2, 0) is 14.2 Å². The topological polar surface area (TPSA) is 96.8 Å². The van der Waals surface area contributed by atoms with E-state index in [9.17, 15) is 4.79 Å². The summed E-state index contributed by atoms with van der Waals surface area (Å²) in [6.45, 7) is 1.91. The lowest BCUT2D eigenvalue weighted by Crippen LogP contribution is -2.15. The Morgan fingerprint density at radius 2 is 1.69 bits per heavy atom. The van der Waals surface area contributed by atoms with E-state index in [0.29, 0.717) is 19.8 Å². The summed E-state index contributed by atoms with van der Waals surface area (Å²) in [5.41, 5.74) is 9.63. The number of rotatable bonds is 5. The summed E-state index contributed by atoms with van der Waals surface area (Å²) < 4.78 is 13.4. The van der Waals surface area contributed by atoms with Crippen LogP contribution in [0.3, 0.4) is 0 Å². The van der Waals surface area contributed by atoms with Crippen molar-refractivity contribution in [1.29, 1.82) is 0 Å². The average Bonchev–Trinajstić information content (AvgIpc) is 2.07. The molecule has 0 heterocycles. The van der Waals surface area contributed by atoms with Gasteiger partial charge in [-0.05, 0) is 0 Å². The lowest BCUT2D eigenvalue weighted by molar-refractivity contribution is 0.105. The van der Waals surface area contributed by atoms with E-state index in [4.69, 9.17) is 5.73 Å². The van der Waals surface area contributed by atoms with Crippen LogP contribution in [0.2, 0.25) is 0 Å². The van der Waals surface area contributed by atoms with Gasteiger partial charge in [0.15, 0.2) is 0 Å². The molecule has 80 valence electrons. The Morgan fingerprint density at radius 3 is 1.92 bits per heavy atom. The highest BCUT2D eigenvalue weighted by Crippen LogP contribution is 1.72. The first-order valence-electron chi connectivity index (χ1n) is 3.79. The fourth-order valence-electron chi connectivity index (χ4n) is 0.343. The Hall–Kier alpha value is -0.850. The molecule has 0 saturated heterocycles. The molecular weight excluding hydrogens is 176 g/mol. The molecule has 13 heavy (non-hydrogen) atoms. The smallest absolute Gasteiger partial charge is 0.404 e. The van der Waals surface area contributed by atoms with Crippen LogP contribution in [0, 0.1) is 0 Å². The molecule has 0 aromatic rings. The number of amides is 1. The highest BCUT2D eigenvalue weighted by molar-refractivity contribution is 5.64. The number of nitrogens with two attached hydrogens (primary N) is 2. The molecule has 0 aromatic carbocycles. The molecule has 0 aliphatic rings. The highest BCUT2D eigenvalue weighted by atomic mass is 16.6. The molecular formula is C7H18N2O4. The summed E-state index contributed by atoms with van der Waals surface area (Å²) in [5, 5.41) is 0. The van der Waals surface area contributed by atoms with Crippen molar-refractivity contribution in [3.63, 3.8) is 0 Å². The molecule has 0 atom stereocenters. The van der Waals surface area contributed by atoms with Crippen molar-refractivity contribution >= 4 is 6.09 Å². The van der Waals surface area contributed by atoms with Crippen LogP contribution in [0.4, 0.5) is 4.79 Å². The Kier molecular flexibility index (Phi) is 15.5. The van der Waals surface area contributed by atoms with Crippen molar-refractivity contribution in [2.45, 2.75) is 0 Å². The van der Waals surface area contributed by atoms with Gasteiger partial charge in [0, 0.05) is 20.8 Å². The summed E-state index contributed by atoms with van der Waals surface area (Å²) in [6.07, 6.45) is -0.762. The average molecular weight is 194 g/mol. The molecule has 0 rings (SSSR count). The second-order valence-electron chi connectivity index (χ2n) is 1.94. The Balaban J connectivity index is 0. The number of carbonyl (C=O) groups is 1. The number of hydrogen-bond donors (Lipinski definition) is 2. The number of carbonyl (C=O) groups excluding carboxylic acids is 1. The van der Waals surface area contributed by atoms with Crippen LogP contribution in [-0.4, -0.2) is 46.7 Å². The lowest BCUT2D eigenvalue weighted by atomic mass is 10.7. The quantitative estimate of drug-likeness (QED) is 0.565. The van der Waals surface area contributed by atoms with E-state index in [1.165, 1.54) is 7.11 Å². The standard InChI is InChI=1S/C4H9NO3.C3H9NO/c1-7-2-3-8-4(5)6;1-5-3-2-4/h2-3H2,1H3,(H2,5,6);2-4H2,1H3. The molecule has 0 saturated carbocycles. The van der Waals surface area contributed by atoms with Crippen LogP contribution >= 0.6 is 0 Å². The number of methoxy groups -OCH3 is 2. The van der Waals surface area contributed by atoms with Gasteiger partial charge in [-0.3, -0.25) is 0 Å². The third kappa shape index (κ3) is 24.7. The second kappa shape index (κ2) is 13.7. The van der Waals surface area contributed by atoms with Gasteiger partial charge in [-0.25, -0.2) is 4.79 Å². The van der Waals surface area contributed by atoms with Crippen molar-refractivity contribution in [2.75, 3.05) is 40.6 Å². The van der Waals surface area contributed by atoms with E-state index in [1.54, 1.807) is 7.11 Å². The molecule has 0 fully saturated rings. The third-order valence-corrected chi connectivity index (χ3v) is 0.854. The van der Waals surface area contributed by atoms with E-state index in [1.807, 2.05) is 0 Å². The molecule has 4 N–H and O–H groups in total. The maximum Gasteiger partial charge on any atom is 0.404 e. The Morgan fingerprint density at radius 1 is 1.15 bits per heavy atom. The van der Waals surface area contributed by atoms with Crippen molar-refractivity contribution in [3.05, 3.63) is 0 Å². The summed E-state index contributed by atoms with van der Waals surface area (Å²) in [5.74, 6) is 0. The lowest BCUT2D eigenvalue weighted by Gasteiger charge is -1.96. The zero-order valence-corrected chi connectivity index (χ0v) is 8.12. The van der Waals surface area contributed by atoms with Gasteiger partial charge in [0.25, 0.3) is 0 Å². The molecule has 0 aromatic heterocycles. The molecule has 0 radical (unpaired) electrons. The van der Waals surface area contributed by atoms with Crippen molar-refractivity contribution in [1.82, 2.24) is 0 Å². The van der Waals surface area contributed by atoms with Crippen LogP contribution in [0.1, 0.15) is 0 Å². The zero-order valence-electron chi connectivity index (χ0n) is 8.12. The van der Waals surface area contributed by atoms with Gasteiger partial charge in [-0.15, -0.1) is 0 Å². The second-order valence-corrected chi connectivity index (χ2v) is 1.94. The minimum atomic E-state index is -0.762. The van der Waals surface area contributed by atoms with Gasteiger partial charge < -0.3 is 25.7 Å². The molecule has 6 nitrogen and oxygen atoms in total. The first-order valence-corrected chi connectivity index (χ1v) is 3.79. The number of ether oxygens (including phenoxy) is 3. The molecule has 0 spiro atoms. The molecule has 0 aliphatic carbocycles. The summed E-state index contributed by atoms with van der Waals surface area (Å²) in [6, 6.07) is 0. The number of primary amides is 1.